The van der Waals surface area contributed by atoms with E-state index in [1.54, 1.807) is 13.2 Å². The van der Waals surface area contributed by atoms with Gasteiger partial charge in [-0.25, -0.2) is 4.99 Å². The summed E-state index contributed by atoms with van der Waals surface area (Å²) in [5.74, 6) is 0.661. The molecule has 0 aliphatic carbocycles. The van der Waals surface area contributed by atoms with Crippen LogP contribution in [-0.2, 0) is 11.3 Å². The average molecular weight is 294 g/mol. The second kappa shape index (κ2) is 8.91. The number of hydrogen-bond acceptors (Lipinski definition) is 4. The van der Waals surface area contributed by atoms with E-state index in [0.29, 0.717) is 19.1 Å². The molecule has 21 heavy (non-hydrogen) atoms. The van der Waals surface area contributed by atoms with Gasteiger partial charge in [-0.15, -0.1) is 0 Å². The molecule has 7 heteroatoms. The van der Waals surface area contributed by atoms with Crippen molar-refractivity contribution in [2.75, 3.05) is 20.3 Å². The molecule has 1 aromatic rings. The van der Waals surface area contributed by atoms with E-state index in [0.717, 1.165) is 12.1 Å². The Labute approximate surface area is 124 Å². The number of hydrogen-bond donors (Lipinski definition) is 2. The second-order valence-electron chi connectivity index (χ2n) is 4.62. The van der Waals surface area contributed by atoms with Crippen LogP contribution in [0.2, 0.25) is 0 Å². The van der Waals surface area contributed by atoms with Crippen molar-refractivity contribution in [1.82, 2.24) is 10.6 Å². The van der Waals surface area contributed by atoms with E-state index in [1.165, 1.54) is 12.1 Å². The van der Waals surface area contributed by atoms with Crippen molar-refractivity contribution in [3.8, 4) is 0 Å². The highest BCUT2D eigenvalue weighted by atomic mass is 16.6. The summed E-state index contributed by atoms with van der Waals surface area (Å²) in [6.07, 6.45) is 0. The van der Waals surface area contributed by atoms with Gasteiger partial charge in [-0.05, 0) is 19.4 Å². The van der Waals surface area contributed by atoms with Crippen LogP contribution in [-0.4, -0.2) is 37.2 Å². The highest BCUT2D eigenvalue weighted by Gasteiger charge is 2.07. The number of benzene rings is 1. The molecule has 7 nitrogen and oxygen atoms in total. The molecule has 0 heterocycles. The van der Waals surface area contributed by atoms with Gasteiger partial charge in [0, 0.05) is 31.8 Å². The first kappa shape index (κ1) is 16.9. The van der Waals surface area contributed by atoms with Crippen LogP contribution in [0, 0.1) is 10.1 Å². The van der Waals surface area contributed by atoms with Crippen molar-refractivity contribution < 1.29 is 9.66 Å². The Balaban J connectivity index is 2.72. The molecule has 0 saturated carbocycles. The normalized spacial score (nSPS) is 12.8. The quantitative estimate of drug-likeness (QED) is 0.346. The molecule has 0 amide bonds. The van der Waals surface area contributed by atoms with E-state index >= 15 is 0 Å². The molecule has 1 unspecified atom stereocenters. The molecular weight excluding hydrogens is 272 g/mol. The summed E-state index contributed by atoms with van der Waals surface area (Å²) < 4.78 is 5.07. The van der Waals surface area contributed by atoms with Gasteiger partial charge in [-0.2, -0.15) is 0 Å². The van der Waals surface area contributed by atoms with Crippen molar-refractivity contribution >= 4 is 11.6 Å². The number of rotatable bonds is 7. The summed E-state index contributed by atoms with van der Waals surface area (Å²) >= 11 is 0. The Kier molecular flexibility index (Phi) is 7.17. The summed E-state index contributed by atoms with van der Waals surface area (Å²) in [7, 11) is 1.64. The number of nitro groups is 1. The van der Waals surface area contributed by atoms with Gasteiger partial charge in [0.25, 0.3) is 5.69 Å². The monoisotopic (exact) mass is 294 g/mol. The molecule has 0 bridgehead atoms. The van der Waals surface area contributed by atoms with Crippen molar-refractivity contribution in [1.29, 1.82) is 0 Å². The van der Waals surface area contributed by atoms with Gasteiger partial charge >= 0.3 is 0 Å². The fourth-order valence-electron chi connectivity index (χ4n) is 1.78. The molecule has 0 aromatic heterocycles. The molecule has 116 valence electrons. The van der Waals surface area contributed by atoms with Crippen LogP contribution in [0.5, 0.6) is 0 Å². The van der Waals surface area contributed by atoms with Crippen molar-refractivity contribution in [2.24, 2.45) is 4.99 Å². The van der Waals surface area contributed by atoms with E-state index < -0.39 is 4.92 Å². The molecule has 0 saturated heterocycles. The maximum atomic E-state index is 10.7. The predicted molar refractivity (Wildman–Crippen MR) is 82.4 cm³/mol. The molecule has 1 aromatic carbocycles. The number of nitrogens with zero attached hydrogens (tertiary/aromatic N) is 2. The van der Waals surface area contributed by atoms with Gasteiger partial charge < -0.3 is 15.4 Å². The lowest BCUT2D eigenvalue weighted by Gasteiger charge is -2.16. The van der Waals surface area contributed by atoms with Crippen molar-refractivity contribution in [3.05, 3.63) is 39.9 Å². The van der Waals surface area contributed by atoms with Crippen LogP contribution in [0.1, 0.15) is 19.4 Å². The molecule has 0 aliphatic rings. The number of methoxy groups -OCH3 is 1. The lowest BCUT2D eigenvalue weighted by molar-refractivity contribution is -0.384. The standard InChI is InChI=1S/C14H22N4O3/c1-4-15-14(17-11(2)10-21-3)16-9-12-6-5-7-13(8-12)18(19)20/h5-8,11H,4,9-10H2,1-3H3,(H2,15,16,17). The summed E-state index contributed by atoms with van der Waals surface area (Å²) in [6, 6.07) is 6.61. The van der Waals surface area contributed by atoms with Crippen LogP contribution in [0.25, 0.3) is 0 Å². The summed E-state index contributed by atoms with van der Waals surface area (Å²) in [6.45, 7) is 5.65. The lowest BCUT2D eigenvalue weighted by atomic mass is 10.2. The Morgan fingerprint density at radius 2 is 2.29 bits per heavy atom. The first-order valence-electron chi connectivity index (χ1n) is 6.84. The zero-order valence-corrected chi connectivity index (χ0v) is 12.6. The SMILES string of the molecule is CCNC(=NCc1cccc([N+](=O)[O-])c1)NC(C)COC. The Bertz CT molecular complexity index is 491. The first-order chi connectivity index (χ1) is 10.1. The Morgan fingerprint density at radius 1 is 1.52 bits per heavy atom. The molecular formula is C14H22N4O3. The number of non-ortho nitro benzene ring substituents is 1. The summed E-state index contributed by atoms with van der Waals surface area (Å²) in [5.41, 5.74) is 0.870. The molecule has 0 fully saturated rings. The minimum absolute atomic E-state index is 0.0772. The Morgan fingerprint density at radius 3 is 2.90 bits per heavy atom. The third-order valence-electron chi connectivity index (χ3n) is 2.69. The number of nitrogens with one attached hydrogen (secondary N) is 2. The van der Waals surface area contributed by atoms with Gasteiger partial charge in [0.15, 0.2) is 5.96 Å². The predicted octanol–water partition coefficient (Wildman–Crippen LogP) is 1.68. The van der Waals surface area contributed by atoms with Crippen molar-refractivity contribution in [3.63, 3.8) is 0 Å². The zero-order chi connectivity index (χ0) is 15.7. The second-order valence-corrected chi connectivity index (χ2v) is 4.62. The third kappa shape index (κ3) is 6.22. The number of guanidine groups is 1. The third-order valence-corrected chi connectivity index (χ3v) is 2.69. The smallest absolute Gasteiger partial charge is 0.269 e. The number of nitro benzene ring substituents is 1. The fraction of sp³-hybridized carbons (Fsp3) is 0.500. The molecule has 0 radical (unpaired) electrons. The molecule has 1 atom stereocenters. The van der Waals surface area contributed by atoms with Crippen LogP contribution in [0.15, 0.2) is 29.3 Å². The van der Waals surface area contributed by atoms with Crippen LogP contribution >= 0.6 is 0 Å². The van der Waals surface area contributed by atoms with Gasteiger partial charge in [0.1, 0.15) is 0 Å². The van der Waals surface area contributed by atoms with E-state index in [1.807, 2.05) is 19.9 Å². The maximum Gasteiger partial charge on any atom is 0.269 e. The highest BCUT2D eigenvalue weighted by molar-refractivity contribution is 5.80. The summed E-state index contributed by atoms with van der Waals surface area (Å²) in [5, 5.41) is 17.1. The van der Waals surface area contributed by atoms with Gasteiger partial charge in [-0.3, -0.25) is 10.1 Å². The van der Waals surface area contributed by atoms with E-state index in [9.17, 15) is 10.1 Å². The summed E-state index contributed by atoms with van der Waals surface area (Å²) in [4.78, 5) is 14.8. The van der Waals surface area contributed by atoms with Gasteiger partial charge in [0.05, 0.1) is 18.1 Å². The Hall–Kier alpha value is -2.15. The van der Waals surface area contributed by atoms with E-state index in [4.69, 9.17) is 4.74 Å². The molecule has 1 rings (SSSR count). The van der Waals surface area contributed by atoms with E-state index in [2.05, 4.69) is 15.6 Å². The fourth-order valence-corrected chi connectivity index (χ4v) is 1.78. The molecule has 2 N–H and O–H groups in total. The number of aliphatic imine (C=N–C) groups is 1. The van der Waals surface area contributed by atoms with Crippen LogP contribution in [0.4, 0.5) is 5.69 Å². The first-order valence-corrected chi connectivity index (χ1v) is 6.84. The zero-order valence-electron chi connectivity index (χ0n) is 12.6. The lowest BCUT2D eigenvalue weighted by Crippen LogP contribution is -2.43. The highest BCUT2D eigenvalue weighted by Crippen LogP contribution is 2.13. The topological polar surface area (TPSA) is 88.8 Å². The van der Waals surface area contributed by atoms with E-state index in [-0.39, 0.29) is 11.7 Å². The largest absolute Gasteiger partial charge is 0.383 e. The average Bonchev–Trinajstić information content (AvgIpc) is 2.45. The molecule has 0 spiro atoms. The van der Waals surface area contributed by atoms with Crippen LogP contribution in [0.3, 0.4) is 0 Å². The van der Waals surface area contributed by atoms with Gasteiger partial charge in [0.2, 0.25) is 0 Å². The van der Waals surface area contributed by atoms with Crippen molar-refractivity contribution in [2.45, 2.75) is 26.4 Å². The molecule has 0 aliphatic heterocycles. The maximum absolute atomic E-state index is 10.7. The van der Waals surface area contributed by atoms with Gasteiger partial charge in [-0.1, -0.05) is 12.1 Å². The minimum atomic E-state index is -0.405. The minimum Gasteiger partial charge on any atom is -0.383 e. The number of ether oxygens (including phenoxy) is 1. The van der Waals surface area contributed by atoms with Crippen LogP contribution < -0.4 is 10.6 Å².